The first-order chi connectivity index (χ1) is 12.0. The standard InChI is InChI=1S/C18H16FN3O3/c19-13-3-1-11(2-4-13)16(23)10-21-17(24)18(25)22-14-5-6-15-12(9-14)7-8-20-15/h1-9,16,20,23H,10H2,(H,21,24)(H,22,25). The number of rotatable bonds is 4. The van der Waals surface area contributed by atoms with Crippen molar-refractivity contribution in [2.75, 3.05) is 11.9 Å². The maximum absolute atomic E-state index is 12.8. The molecule has 1 unspecified atom stereocenters. The first-order valence-electron chi connectivity index (χ1n) is 7.63. The number of carbonyl (C=O) groups is 2. The number of anilines is 1. The van der Waals surface area contributed by atoms with E-state index in [0.29, 0.717) is 11.3 Å². The summed E-state index contributed by atoms with van der Waals surface area (Å²) in [5.74, 6) is -2.12. The second kappa shape index (κ2) is 7.14. The molecule has 0 bridgehead atoms. The molecule has 3 aromatic rings. The van der Waals surface area contributed by atoms with Crippen molar-refractivity contribution in [2.45, 2.75) is 6.10 Å². The van der Waals surface area contributed by atoms with Gasteiger partial charge in [0, 0.05) is 29.3 Å². The Balaban J connectivity index is 1.55. The Morgan fingerprint density at radius 1 is 1.08 bits per heavy atom. The second-order valence-electron chi connectivity index (χ2n) is 5.51. The van der Waals surface area contributed by atoms with Crippen LogP contribution in [0, 0.1) is 5.82 Å². The molecule has 1 aromatic heterocycles. The van der Waals surface area contributed by atoms with E-state index in [4.69, 9.17) is 0 Å². The number of fused-ring (bicyclic) bond motifs is 1. The van der Waals surface area contributed by atoms with Gasteiger partial charge >= 0.3 is 11.8 Å². The van der Waals surface area contributed by atoms with Gasteiger partial charge in [-0.15, -0.1) is 0 Å². The summed E-state index contributed by atoms with van der Waals surface area (Å²) in [7, 11) is 0. The molecule has 0 fully saturated rings. The van der Waals surface area contributed by atoms with Gasteiger partial charge in [0.25, 0.3) is 0 Å². The summed E-state index contributed by atoms with van der Waals surface area (Å²) in [5.41, 5.74) is 1.86. The highest BCUT2D eigenvalue weighted by molar-refractivity contribution is 6.39. The van der Waals surface area contributed by atoms with Crippen molar-refractivity contribution >= 4 is 28.4 Å². The Morgan fingerprint density at radius 2 is 1.84 bits per heavy atom. The highest BCUT2D eigenvalue weighted by Crippen LogP contribution is 2.17. The lowest BCUT2D eigenvalue weighted by molar-refractivity contribution is -0.136. The van der Waals surface area contributed by atoms with Crippen LogP contribution in [0.1, 0.15) is 11.7 Å². The molecule has 0 saturated heterocycles. The van der Waals surface area contributed by atoms with E-state index in [1.807, 2.05) is 6.07 Å². The van der Waals surface area contributed by atoms with Crippen molar-refractivity contribution in [3.05, 3.63) is 66.1 Å². The van der Waals surface area contributed by atoms with Crippen LogP contribution in [0.3, 0.4) is 0 Å². The predicted molar refractivity (Wildman–Crippen MR) is 91.3 cm³/mol. The largest absolute Gasteiger partial charge is 0.387 e. The molecule has 1 atom stereocenters. The number of carbonyl (C=O) groups excluding carboxylic acids is 2. The fraction of sp³-hybridized carbons (Fsp3) is 0.111. The molecule has 0 spiro atoms. The number of H-pyrrole nitrogens is 1. The molecule has 25 heavy (non-hydrogen) atoms. The molecule has 0 radical (unpaired) electrons. The van der Waals surface area contributed by atoms with Crippen LogP contribution in [0.15, 0.2) is 54.7 Å². The summed E-state index contributed by atoms with van der Waals surface area (Å²) >= 11 is 0. The maximum Gasteiger partial charge on any atom is 0.313 e. The van der Waals surface area contributed by atoms with Gasteiger partial charge in [0.15, 0.2) is 0 Å². The third-order valence-electron chi connectivity index (χ3n) is 3.73. The molecule has 1 heterocycles. The van der Waals surface area contributed by atoms with Crippen molar-refractivity contribution in [3.8, 4) is 0 Å². The van der Waals surface area contributed by atoms with Crippen molar-refractivity contribution in [2.24, 2.45) is 0 Å². The number of aromatic amines is 1. The molecule has 2 aromatic carbocycles. The van der Waals surface area contributed by atoms with Gasteiger partial charge in [-0.05, 0) is 42.0 Å². The SMILES string of the molecule is O=C(NCC(O)c1ccc(F)cc1)C(=O)Nc1ccc2[nH]ccc2c1. The molecule has 0 aliphatic carbocycles. The summed E-state index contributed by atoms with van der Waals surface area (Å²) < 4.78 is 12.8. The normalized spacial score (nSPS) is 11.9. The molecule has 3 rings (SSSR count). The van der Waals surface area contributed by atoms with Gasteiger partial charge in [0.2, 0.25) is 0 Å². The quantitative estimate of drug-likeness (QED) is 0.547. The minimum absolute atomic E-state index is 0.158. The molecular formula is C18H16FN3O3. The van der Waals surface area contributed by atoms with E-state index in [9.17, 15) is 19.1 Å². The van der Waals surface area contributed by atoms with Crippen LogP contribution in [0.5, 0.6) is 0 Å². The minimum Gasteiger partial charge on any atom is -0.387 e. The summed E-state index contributed by atoms with van der Waals surface area (Å²) in [6, 6.07) is 12.3. The molecule has 6 nitrogen and oxygen atoms in total. The number of aliphatic hydroxyl groups is 1. The van der Waals surface area contributed by atoms with Gasteiger partial charge in [-0.25, -0.2) is 4.39 Å². The van der Waals surface area contributed by atoms with E-state index in [0.717, 1.165) is 10.9 Å². The van der Waals surface area contributed by atoms with Crippen LogP contribution in [-0.4, -0.2) is 28.4 Å². The van der Waals surface area contributed by atoms with E-state index in [-0.39, 0.29) is 6.54 Å². The van der Waals surface area contributed by atoms with Crippen molar-refractivity contribution in [1.29, 1.82) is 0 Å². The molecule has 128 valence electrons. The summed E-state index contributed by atoms with van der Waals surface area (Å²) in [4.78, 5) is 26.8. The third kappa shape index (κ3) is 4.02. The number of hydrogen-bond donors (Lipinski definition) is 4. The van der Waals surface area contributed by atoms with Gasteiger partial charge in [0.05, 0.1) is 6.10 Å². The first kappa shape index (κ1) is 16.7. The topological polar surface area (TPSA) is 94.2 Å². The molecule has 0 saturated carbocycles. The predicted octanol–water partition coefficient (Wildman–Crippen LogP) is 2.10. The lowest BCUT2D eigenvalue weighted by Crippen LogP contribution is -2.37. The Hall–Kier alpha value is -3.19. The highest BCUT2D eigenvalue weighted by atomic mass is 19.1. The van der Waals surface area contributed by atoms with E-state index in [2.05, 4.69) is 15.6 Å². The maximum atomic E-state index is 12.8. The van der Waals surface area contributed by atoms with Gasteiger partial charge in [-0.2, -0.15) is 0 Å². The zero-order chi connectivity index (χ0) is 17.8. The van der Waals surface area contributed by atoms with Crippen molar-refractivity contribution in [1.82, 2.24) is 10.3 Å². The van der Waals surface area contributed by atoms with Crippen LogP contribution in [0.4, 0.5) is 10.1 Å². The molecule has 7 heteroatoms. The van der Waals surface area contributed by atoms with Crippen LogP contribution in [0.2, 0.25) is 0 Å². The zero-order valence-corrected chi connectivity index (χ0v) is 13.1. The van der Waals surface area contributed by atoms with E-state index in [1.165, 1.54) is 24.3 Å². The molecule has 2 amide bonds. The number of aromatic nitrogens is 1. The summed E-state index contributed by atoms with van der Waals surface area (Å²) in [6.07, 6.45) is 0.744. The monoisotopic (exact) mass is 341 g/mol. The third-order valence-corrected chi connectivity index (χ3v) is 3.73. The Labute approximate surface area is 142 Å². The molecule has 4 N–H and O–H groups in total. The van der Waals surface area contributed by atoms with Crippen LogP contribution < -0.4 is 10.6 Å². The smallest absolute Gasteiger partial charge is 0.313 e. The van der Waals surface area contributed by atoms with E-state index >= 15 is 0 Å². The fourth-order valence-corrected chi connectivity index (χ4v) is 2.39. The number of halogens is 1. The lowest BCUT2D eigenvalue weighted by atomic mass is 10.1. The lowest BCUT2D eigenvalue weighted by Gasteiger charge is -2.12. The molecule has 0 aliphatic rings. The van der Waals surface area contributed by atoms with Crippen molar-refractivity contribution in [3.63, 3.8) is 0 Å². The van der Waals surface area contributed by atoms with Crippen LogP contribution >= 0.6 is 0 Å². The van der Waals surface area contributed by atoms with Gasteiger partial charge in [0.1, 0.15) is 5.82 Å². The fourth-order valence-electron chi connectivity index (χ4n) is 2.39. The van der Waals surface area contributed by atoms with Gasteiger partial charge in [-0.3, -0.25) is 9.59 Å². The second-order valence-corrected chi connectivity index (χ2v) is 5.51. The molecular weight excluding hydrogens is 325 g/mol. The average Bonchev–Trinajstić information content (AvgIpc) is 3.07. The van der Waals surface area contributed by atoms with Crippen LogP contribution in [-0.2, 0) is 9.59 Å². The van der Waals surface area contributed by atoms with E-state index < -0.39 is 23.7 Å². The van der Waals surface area contributed by atoms with Gasteiger partial charge < -0.3 is 20.7 Å². The first-order valence-corrected chi connectivity index (χ1v) is 7.63. The highest BCUT2D eigenvalue weighted by Gasteiger charge is 2.16. The number of benzene rings is 2. The van der Waals surface area contributed by atoms with Crippen molar-refractivity contribution < 1.29 is 19.1 Å². The zero-order valence-electron chi connectivity index (χ0n) is 13.1. The summed E-state index contributed by atoms with van der Waals surface area (Å²) in [5, 5.41) is 15.7. The average molecular weight is 341 g/mol. The van der Waals surface area contributed by atoms with Crippen LogP contribution in [0.25, 0.3) is 10.9 Å². The Morgan fingerprint density at radius 3 is 2.60 bits per heavy atom. The number of aliphatic hydroxyl groups excluding tert-OH is 1. The minimum atomic E-state index is -1.03. The number of hydrogen-bond acceptors (Lipinski definition) is 3. The Kier molecular flexibility index (Phi) is 4.76. The molecule has 0 aliphatic heterocycles. The Bertz CT molecular complexity index is 905. The van der Waals surface area contributed by atoms with Gasteiger partial charge in [-0.1, -0.05) is 12.1 Å². The number of nitrogens with one attached hydrogen (secondary N) is 3. The number of amides is 2. The van der Waals surface area contributed by atoms with E-state index in [1.54, 1.807) is 24.4 Å². The summed E-state index contributed by atoms with van der Waals surface area (Å²) in [6.45, 7) is -0.158.